The molecular weight excluding hydrogens is 937 g/mol. The Hall–Kier alpha value is -2.37. The van der Waals surface area contributed by atoms with Crippen molar-refractivity contribution >= 4 is 17.9 Å². The average Bonchev–Trinajstić information content (AvgIpc) is 3.42. The quantitative estimate of drug-likeness (QED) is 0.0261. The Morgan fingerprint density at radius 2 is 0.434 bits per heavy atom. The van der Waals surface area contributed by atoms with Gasteiger partial charge in [0.25, 0.3) is 0 Å². The second kappa shape index (κ2) is 65.2. The summed E-state index contributed by atoms with van der Waals surface area (Å²) in [7, 11) is 0. The molecule has 1 unspecified atom stereocenters. The molecule has 76 heavy (non-hydrogen) atoms. The maximum absolute atomic E-state index is 12.9. The van der Waals surface area contributed by atoms with Crippen LogP contribution in [0.4, 0.5) is 0 Å². The highest BCUT2D eigenvalue weighted by molar-refractivity contribution is 5.71. The molecule has 0 saturated heterocycles. The fourth-order valence-electron chi connectivity index (χ4n) is 10.2. The number of unbranched alkanes of at least 4 members (excludes halogenated alkanes) is 46. The molecule has 0 N–H and O–H groups in total. The van der Waals surface area contributed by atoms with E-state index >= 15 is 0 Å². The van der Waals surface area contributed by atoms with E-state index in [0.717, 1.165) is 70.6 Å². The van der Waals surface area contributed by atoms with E-state index in [2.05, 4.69) is 57.2 Å². The minimum atomic E-state index is -0.777. The van der Waals surface area contributed by atoms with Gasteiger partial charge in [-0.3, -0.25) is 14.4 Å². The van der Waals surface area contributed by atoms with Crippen LogP contribution in [0.3, 0.4) is 0 Å². The maximum Gasteiger partial charge on any atom is 0.306 e. The minimum absolute atomic E-state index is 0.0741. The third kappa shape index (κ3) is 62.5. The van der Waals surface area contributed by atoms with Crippen molar-refractivity contribution < 1.29 is 28.6 Å². The first-order valence-electron chi connectivity index (χ1n) is 34.0. The van der Waals surface area contributed by atoms with Crippen molar-refractivity contribution in [3.63, 3.8) is 0 Å². The van der Waals surface area contributed by atoms with Crippen molar-refractivity contribution in [1.82, 2.24) is 0 Å². The monoisotopic (exact) mass is 1070 g/mol. The first-order valence-corrected chi connectivity index (χ1v) is 34.0. The summed E-state index contributed by atoms with van der Waals surface area (Å²) < 4.78 is 16.9. The van der Waals surface area contributed by atoms with Gasteiger partial charge in [-0.25, -0.2) is 0 Å². The normalized spacial score (nSPS) is 12.2. The molecule has 6 heteroatoms. The highest BCUT2D eigenvalue weighted by Crippen LogP contribution is 2.18. The van der Waals surface area contributed by atoms with E-state index in [1.54, 1.807) is 0 Å². The van der Waals surface area contributed by atoms with Gasteiger partial charge in [0, 0.05) is 19.3 Å². The number of carbonyl (C=O) groups excluding carboxylic acids is 3. The summed E-state index contributed by atoms with van der Waals surface area (Å²) in [6.07, 6.45) is 80.4. The van der Waals surface area contributed by atoms with E-state index in [0.29, 0.717) is 19.3 Å². The van der Waals surface area contributed by atoms with Crippen molar-refractivity contribution in [3.8, 4) is 0 Å². The Morgan fingerprint density at radius 3 is 0.671 bits per heavy atom. The van der Waals surface area contributed by atoms with E-state index in [1.807, 2.05) is 0 Å². The largest absolute Gasteiger partial charge is 0.462 e. The number of hydrogen-bond donors (Lipinski definition) is 0. The molecule has 0 amide bonds. The Kier molecular flexibility index (Phi) is 63.1. The van der Waals surface area contributed by atoms with Crippen LogP contribution >= 0.6 is 0 Å². The smallest absolute Gasteiger partial charge is 0.306 e. The zero-order valence-corrected chi connectivity index (χ0v) is 51.3. The van der Waals surface area contributed by atoms with Gasteiger partial charge in [0.15, 0.2) is 6.10 Å². The molecule has 0 aliphatic heterocycles. The van der Waals surface area contributed by atoms with Crippen LogP contribution in [0, 0.1) is 0 Å². The van der Waals surface area contributed by atoms with Crippen LogP contribution in [0.2, 0.25) is 0 Å². The van der Waals surface area contributed by atoms with Crippen LogP contribution in [0.1, 0.15) is 374 Å². The zero-order chi connectivity index (χ0) is 55.0. The maximum atomic E-state index is 12.9. The molecule has 0 bridgehead atoms. The van der Waals surface area contributed by atoms with Crippen molar-refractivity contribution in [2.45, 2.75) is 380 Å². The van der Waals surface area contributed by atoms with Crippen LogP contribution in [-0.4, -0.2) is 37.2 Å². The van der Waals surface area contributed by atoms with Crippen molar-refractivity contribution in [2.24, 2.45) is 0 Å². The summed E-state index contributed by atoms with van der Waals surface area (Å²) in [5, 5.41) is 0. The molecule has 0 heterocycles. The van der Waals surface area contributed by atoms with Crippen LogP contribution in [0.5, 0.6) is 0 Å². The van der Waals surface area contributed by atoms with Crippen molar-refractivity contribution in [1.29, 1.82) is 0 Å². The highest BCUT2D eigenvalue weighted by Gasteiger charge is 2.19. The van der Waals surface area contributed by atoms with Gasteiger partial charge in [0.05, 0.1) is 0 Å². The van der Waals surface area contributed by atoms with Crippen LogP contribution in [0.15, 0.2) is 36.5 Å². The first-order chi connectivity index (χ1) is 37.5. The lowest BCUT2D eigenvalue weighted by Gasteiger charge is -2.18. The molecule has 6 nitrogen and oxygen atoms in total. The summed E-state index contributed by atoms with van der Waals surface area (Å²) in [6, 6.07) is 0. The number of rotatable bonds is 63. The predicted octanol–water partition coefficient (Wildman–Crippen LogP) is 23.2. The summed E-state index contributed by atoms with van der Waals surface area (Å²) in [4.78, 5) is 38.3. The fraction of sp³-hybridized carbons (Fsp3) is 0.871. The van der Waals surface area contributed by atoms with Crippen LogP contribution in [-0.2, 0) is 28.6 Å². The van der Waals surface area contributed by atoms with Gasteiger partial charge >= 0.3 is 17.9 Å². The summed E-state index contributed by atoms with van der Waals surface area (Å²) in [5.74, 6) is -0.870. The lowest BCUT2D eigenvalue weighted by molar-refractivity contribution is -0.167. The van der Waals surface area contributed by atoms with Gasteiger partial charge < -0.3 is 14.2 Å². The molecule has 446 valence electrons. The van der Waals surface area contributed by atoms with Crippen LogP contribution in [0.25, 0.3) is 0 Å². The summed E-state index contributed by atoms with van der Waals surface area (Å²) >= 11 is 0. The number of ether oxygens (including phenoxy) is 3. The molecule has 1 atom stereocenters. The van der Waals surface area contributed by atoms with Crippen molar-refractivity contribution in [2.75, 3.05) is 13.2 Å². The van der Waals surface area contributed by atoms with Gasteiger partial charge in [-0.15, -0.1) is 0 Å². The Bertz CT molecular complexity index is 1270. The van der Waals surface area contributed by atoms with E-state index in [-0.39, 0.29) is 31.1 Å². The van der Waals surface area contributed by atoms with Gasteiger partial charge in [0.2, 0.25) is 0 Å². The zero-order valence-electron chi connectivity index (χ0n) is 51.3. The summed E-state index contributed by atoms with van der Waals surface area (Å²) in [6.45, 7) is 6.65. The molecule has 0 radical (unpaired) electrons. The second-order valence-corrected chi connectivity index (χ2v) is 23.1. The molecule has 0 saturated carbocycles. The molecule has 0 fully saturated rings. The third-order valence-electron chi connectivity index (χ3n) is 15.3. The number of esters is 3. The molecule has 0 aromatic heterocycles. The van der Waals surface area contributed by atoms with Gasteiger partial charge in [-0.05, 0) is 96.3 Å². The van der Waals surface area contributed by atoms with E-state index in [4.69, 9.17) is 14.2 Å². The van der Waals surface area contributed by atoms with E-state index < -0.39 is 6.10 Å². The molecule has 0 aliphatic rings. The lowest BCUT2D eigenvalue weighted by Crippen LogP contribution is -2.30. The topological polar surface area (TPSA) is 78.9 Å². The molecule has 0 spiro atoms. The summed E-state index contributed by atoms with van der Waals surface area (Å²) in [5.41, 5.74) is 0. The third-order valence-corrected chi connectivity index (χ3v) is 15.3. The van der Waals surface area contributed by atoms with Gasteiger partial charge in [-0.1, -0.05) is 295 Å². The fourth-order valence-corrected chi connectivity index (χ4v) is 10.2. The molecular formula is C70H130O6. The predicted molar refractivity (Wildman–Crippen MR) is 330 cm³/mol. The average molecular weight is 1070 g/mol. The van der Waals surface area contributed by atoms with Crippen LogP contribution < -0.4 is 0 Å². The van der Waals surface area contributed by atoms with Crippen molar-refractivity contribution in [3.05, 3.63) is 36.5 Å². The molecule has 0 aromatic carbocycles. The molecule has 0 aliphatic carbocycles. The second-order valence-electron chi connectivity index (χ2n) is 23.1. The number of hydrogen-bond acceptors (Lipinski definition) is 6. The Labute approximate surface area is 474 Å². The first kappa shape index (κ1) is 73.6. The standard InChI is InChI=1S/C70H130O6/c1-4-7-10-13-16-19-22-25-27-28-29-30-31-32-33-34-35-36-37-38-39-40-41-42-43-46-48-51-54-57-60-63-69(72)75-66-67(65-74-68(71)62-59-56-53-50-47-44-24-21-18-15-12-9-6-3)76-70(73)64-61-58-55-52-49-45-26-23-20-17-14-11-8-5-2/h21,23-24,26,28-29,67H,4-20,22,25,27,30-66H2,1-3H3/b24-21-,26-23-,29-28-. The molecule has 0 rings (SSSR count). The number of allylic oxidation sites excluding steroid dienone is 6. The van der Waals surface area contributed by atoms with E-state index in [1.165, 1.54) is 263 Å². The Morgan fingerprint density at radius 1 is 0.250 bits per heavy atom. The van der Waals surface area contributed by atoms with E-state index in [9.17, 15) is 14.4 Å². The van der Waals surface area contributed by atoms with Gasteiger partial charge in [0.1, 0.15) is 13.2 Å². The Balaban J connectivity index is 4.11. The molecule has 0 aromatic rings. The number of carbonyl (C=O) groups is 3. The lowest BCUT2D eigenvalue weighted by atomic mass is 10.0. The highest BCUT2D eigenvalue weighted by atomic mass is 16.6. The SMILES string of the molecule is CCCCCC/C=C\CCCCCCCC(=O)OCC(COC(=O)CCCCCCCCCCCCCCCCCCCCC/C=C\CCCCCCCCCC)OC(=O)CCCCCCC/C=C\CCCCCCC. The van der Waals surface area contributed by atoms with Gasteiger partial charge in [-0.2, -0.15) is 0 Å². The minimum Gasteiger partial charge on any atom is -0.462 e.